The molecular weight excluding hydrogens is 197 g/mol. The van der Waals surface area contributed by atoms with Crippen LogP contribution in [0.25, 0.3) is 11.5 Å². The maximum atomic E-state index is 12.6. The molecule has 0 aliphatic carbocycles. The van der Waals surface area contributed by atoms with Gasteiger partial charge in [0.1, 0.15) is 17.3 Å². The van der Waals surface area contributed by atoms with Crippen molar-refractivity contribution >= 4 is 0 Å². The molecule has 0 saturated heterocycles. The minimum absolute atomic E-state index is 0.161. The van der Waals surface area contributed by atoms with E-state index in [0.29, 0.717) is 17.3 Å². The number of nitrogens with one attached hydrogen (secondary N) is 1. The summed E-state index contributed by atoms with van der Waals surface area (Å²) in [5, 5.41) is 14.9. The molecule has 2 aromatic rings. The minimum atomic E-state index is -0.411. The zero-order valence-corrected chi connectivity index (χ0v) is 7.61. The largest absolute Gasteiger partial charge is 0.262 e. The van der Waals surface area contributed by atoms with E-state index in [1.54, 1.807) is 0 Å². The van der Waals surface area contributed by atoms with Crippen molar-refractivity contribution in [2.45, 2.75) is 6.42 Å². The van der Waals surface area contributed by atoms with E-state index in [1.807, 2.05) is 6.07 Å². The molecule has 0 bridgehead atoms. The van der Waals surface area contributed by atoms with Crippen molar-refractivity contribution < 1.29 is 4.39 Å². The topological polar surface area (TPSA) is 78.2 Å². The predicted molar refractivity (Wildman–Crippen MR) is 48.9 cm³/mol. The first-order valence-corrected chi connectivity index (χ1v) is 4.20. The van der Waals surface area contributed by atoms with Crippen LogP contribution in [0.4, 0.5) is 4.39 Å². The molecule has 0 fully saturated rings. The van der Waals surface area contributed by atoms with Crippen molar-refractivity contribution in [2.24, 2.45) is 0 Å². The summed E-state index contributed by atoms with van der Waals surface area (Å²) in [5.74, 6) is 0.422. The Bertz CT molecular complexity index is 496. The van der Waals surface area contributed by atoms with E-state index < -0.39 is 5.82 Å². The highest BCUT2D eigenvalue weighted by molar-refractivity contribution is 5.47. The summed E-state index contributed by atoms with van der Waals surface area (Å²) in [4.78, 5) is 7.84. The highest BCUT2D eigenvalue weighted by atomic mass is 19.1. The van der Waals surface area contributed by atoms with Crippen LogP contribution in [0.5, 0.6) is 0 Å². The molecule has 15 heavy (non-hydrogen) atoms. The van der Waals surface area contributed by atoms with Gasteiger partial charge < -0.3 is 0 Å². The lowest BCUT2D eigenvalue weighted by Crippen LogP contribution is -1.87. The maximum absolute atomic E-state index is 12.6. The second-order valence-corrected chi connectivity index (χ2v) is 2.80. The summed E-state index contributed by atoms with van der Waals surface area (Å²) >= 11 is 0. The molecule has 2 rings (SSSR count). The Morgan fingerprint density at radius 3 is 3.00 bits per heavy atom. The van der Waals surface area contributed by atoms with Crippen LogP contribution in [0.15, 0.2) is 18.3 Å². The number of rotatable bonds is 2. The van der Waals surface area contributed by atoms with E-state index in [-0.39, 0.29) is 6.42 Å². The van der Waals surface area contributed by atoms with Gasteiger partial charge in [0.2, 0.25) is 0 Å². The van der Waals surface area contributed by atoms with Crippen molar-refractivity contribution in [2.75, 3.05) is 0 Å². The number of H-pyrrole nitrogens is 1. The molecule has 0 atom stereocenters. The number of halogens is 1. The van der Waals surface area contributed by atoms with Crippen LogP contribution < -0.4 is 0 Å². The lowest BCUT2D eigenvalue weighted by Gasteiger charge is -1.92. The van der Waals surface area contributed by atoms with Crippen molar-refractivity contribution in [1.29, 1.82) is 5.26 Å². The second kappa shape index (κ2) is 3.84. The molecular formula is C9H6FN5. The molecule has 5 nitrogen and oxygen atoms in total. The molecule has 2 aromatic heterocycles. The fourth-order valence-electron chi connectivity index (χ4n) is 1.07. The van der Waals surface area contributed by atoms with Gasteiger partial charge in [-0.15, -0.1) is 0 Å². The first kappa shape index (κ1) is 9.27. The third kappa shape index (κ3) is 1.96. The molecule has 0 unspecified atom stereocenters. The highest BCUT2D eigenvalue weighted by Gasteiger charge is 2.06. The van der Waals surface area contributed by atoms with Crippen LogP contribution in [-0.4, -0.2) is 20.2 Å². The third-order valence-electron chi connectivity index (χ3n) is 1.73. The summed E-state index contributed by atoms with van der Waals surface area (Å²) in [6.45, 7) is 0. The fourth-order valence-corrected chi connectivity index (χ4v) is 1.07. The standard InChI is InChI=1S/C9H6FN5/c10-6-1-2-7(12-5-6)9-13-8(3-4-11)14-15-9/h1-2,5H,3H2,(H,13,14,15). The SMILES string of the molecule is N#CCc1nc(-c2ccc(F)cn2)n[nH]1. The van der Waals surface area contributed by atoms with Crippen molar-refractivity contribution in [3.63, 3.8) is 0 Å². The summed E-state index contributed by atoms with van der Waals surface area (Å²) < 4.78 is 12.6. The van der Waals surface area contributed by atoms with E-state index >= 15 is 0 Å². The number of nitrogens with zero attached hydrogens (tertiary/aromatic N) is 4. The molecule has 0 amide bonds. The Kier molecular flexibility index (Phi) is 2.37. The van der Waals surface area contributed by atoms with Gasteiger partial charge in [0.15, 0.2) is 5.82 Å². The lowest BCUT2D eigenvalue weighted by molar-refractivity contribution is 0.621. The zero-order valence-electron chi connectivity index (χ0n) is 7.61. The number of pyridine rings is 1. The van der Waals surface area contributed by atoms with Gasteiger partial charge in [-0.25, -0.2) is 14.4 Å². The molecule has 0 aliphatic rings. The predicted octanol–water partition coefficient (Wildman–Crippen LogP) is 1.07. The molecule has 6 heteroatoms. The molecule has 0 radical (unpaired) electrons. The van der Waals surface area contributed by atoms with Gasteiger partial charge in [0.05, 0.1) is 18.7 Å². The fraction of sp³-hybridized carbons (Fsp3) is 0.111. The smallest absolute Gasteiger partial charge is 0.199 e. The second-order valence-electron chi connectivity index (χ2n) is 2.80. The number of aromatic nitrogens is 4. The van der Waals surface area contributed by atoms with E-state index in [2.05, 4.69) is 20.2 Å². The van der Waals surface area contributed by atoms with E-state index in [1.165, 1.54) is 12.1 Å². The molecule has 0 spiro atoms. The Morgan fingerprint density at radius 2 is 2.33 bits per heavy atom. The molecule has 0 saturated carbocycles. The Hall–Kier alpha value is -2.29. The Balaban J connectivity index is 2.30. The van der Waals surface area contributed by atoms with Crippen molar-refractivity contribution in [3.05, 3.63) is 30.0 Å². The third-order valence-corrected chi connectivity index (χ3v) is 1.73. The van der Waals surface area contributed by atoms with Gasteiger partial charge in [0.25, 0.3) is 0 Å². The first-order chi connectivity index (χ1) is 7.29. The summed E-state index contributed by atoms with van der Waals surface area (Å²) in [6, 6.07) is 4.70. The number of hydrogen-bond acceptors (Lipinski definition) is 4. The molecule has 74 valence electrons. The monoisotopic (exact) mass is 203 g/mol. The van der Waals surface area contributed by atoms with E-state index in [0.717, 1.165) is 6.20 Å². The van der Waals surface area contributed by atoms with Crippen molar-refractivity contribution in [1.82, 2.24) is 20.2 Å². The van der Waals surface area contributed by atoms with E-state index in [9.17, 15) is 4.39 Å². The molecule has 1 N–H and O–H groups in total. The van der Waals surface area contributed by atoms with E-state index in [4.69, 9.17) is 5.26 Å². The van der Waals surface area contributed by atoms with Crippen LogP contribution in [-0.2, 0) is 6.42 Å². The molecule has 2 heterocycles. The maximum Gasteiger partial charge on any atom is 0.199 e. The normalized spacial score (nSPS) is 9.87. The van der Waals surface area contributed by atoms with Crippen LogP contribution in [0, 0.1) is 17.1 Å². The van der Waals surface area contributed by atoms with Gasteiger partial charge in [-0.2, -0.15) is 10.4 Å². The summed E-state index contributed by atoms with van der Waals surface area (Å²) in [6.07, 6.45) is 1.25. The van der Waals surface area contributed by atoms with Crippen LogP contribution in [0.1, 0.15) is 5.82 Å². The minimum Gasteiger partial charge on any atom is -0.262 e. The summed E-state index contributed by atoms with van der Waals surface area (Å²) in [7, 11) is 0. The Morgan fingerprint density at radius 1 is 1.47 bits per heavy atom. The Labute approximate surface area is 84.6 Å². The average molecular weight is 203 g/mol. The van der Waals surface area contributed by atoms with Crippen LogP contribution in [0.2, 0.25) is 0 Å². The number of hydrogen-bond donors (Lipinski definition) is 1. The number of nitriles is 1. The average Bonchev–Trinajstić information content (AvgIpc) is 2.68. The zero-order chi connectivity index (χ0) is 10.7. The molecule has 0 aromatic carbocycles. The van der Waals surface area contributed by atoms with Crippen molar-refractivity contribution in [3.8, 4) is 17.6 Å². The highest BCUT2D eigenvalue weighted by Crippen LogP contribution is 2.11. The van der Waals surface area contributed by atoms with Gasteiger partial charge in [-0.1, -0.05) is 0 Å². The van der Waals surface area contributed by atoms with Gasteiger partial charge in [-0.05, 0) is 12.1 Å². The lowest BCUT2D eigenvalue weighted by atomic mass is 10.3. The number of aromatic amines is 1. The first-order valence-electron chi connectivity index (χ1n) is 4.20. The van der Waals surface area contributed by atoms with Gasteiger partial charge in [-0.3, -0.25) is 5.10 Å². The molecule has 0 aliphatic heterocycles. The van der Waals surface area contributed by atoms with Gasteiger partial charge >= 0.3 is 0 Å². The summed E-state index contributed by atoms with van der Waals surface area (Å²) in [5.41, 5.74) is 0.469. The quantitative estimate of drug-likeness (QED) is 0.791. The van der Waals surface area contributed by atoms with Crippen LogP contribution in [0.3, 0.4) is 0 Å². The van der Waals surface area contributed by atoms with Crippen LogP contribution >= 0.6 is 0 Å². The van der Waals surface area contributed by atoms with Gasteiger partial charge in [0, 0.05) is 0 Å².